The van der Waals surface area contributed by atoms with E-state index in [9.17, 15) is 26.7 Å². The van der Waals surface area contributed by atoms with Gasteiger partial charge in [0.15, 0.2) is 23.3 Å². The van der Waals surface area contributed by atoms with Crippen molar-refractivity contribution in [1.29, 1.82) is 5.26 Å². The maximum Gasteiger partial charge on any atom is 0.344 e. The Morgan fingerprint density at radius 3 is 2.27 bits per heavy atom. The van der Waals surface area contributed by atoms with Gasteiger partial charge >= 0.3 is 5.97 Å². The van der Waals surface area contributed by atoms with Gasteiger partial charge in [-0.05, 0) is 12.1 Å². The van der Waals surface area contributed by atoms with Gasteiger partial charge in [-0.1, -0.05) is 0 Å². The van der Waals surface area contributed by atoms with Crippen molar-refractivity contribution in [2.75, 3.05) is 13.2 Å². The highest BCUT2D eigenvalue weighted by molar-refractivity contribution is 5.90. The first-order valence-electron chi connectivity index (χ1n) is 7.05. The third kappa shape index (κ3) is 3.88. The van der Waals surface area contributed by atoms with Crippen LogP contribution in [0.25, 0.3) is 0 Å². The van der Waals surface area contributed by atoms with Crippen LogP contribution in [0, 0.1) is 40.4 Å². The molecule has 0 radical (unpaired) electrons. The molecule has 0 aliphatic rings. The smallest absolute Gasteiger partial charge is 0.344 e. The van der Waals surface area contributed by atoms with Gasteiger partial charge in [-0.3, -0.25) is 0 Å². The van der Waals surface area contributed by atoms with Crippen LogP contribution in [0.1, 0.15) is 22.3 Å². The van der Waals surface area contributed by atoms with Crippen molar-refractivity contribution < 1.29 is 36.2 Å². The number of hydrogen-bond donors (Lipinski definition) is 0. The topological polar surface area (TPSA) is 72.2 Å². The molecule has 0 amide bonds. The molecule has 2 rings (SSSR count). The fourth-order valence-electron chi connectivity index (χ4n) is 1.84. The summed E-state index contributed by atoms with van der Waals surface area (Å²) in [4.78, 5) is 15.4. The number of hydrogen-bond acceptors (Lipinski definition) is 5. The van der Waals surface area contributed by atoms with Gasteiger partial charge in [0.1, 0.15) is 17.2 Å². The molecule has 0 aliphatic carbocycles. The molecule has 0 spiro atoms. The van der Waals surface area contributed by atoms with Crippen molar-refractivity contribution >= 4 is 5.97 Å². The first-order chi connectivity index (χ1) is 12.4. The van der Waals surface area contributed by atoms with Crippen molar-refractivity contribution in [2.24, 2.45) is 0 Å². The number of halogens is 5. The average molecular weight is 372 g/mol. The Bertz CT molecular complexity index is 854. The second kappa shape index (κ2) is 8.24. The maximum absolute atomic E-state index is 13.4. The number of carbonyl (C=O) groups is 1. The van der Waals surface area contributed by atoms with Gasteiger partial charge < -0.3 is 9.47 Å². The third-order valence-electron chi connectivity index (χ3n) is 3.07. The summed E-state index contributed by atoms with van der Waals surface area (Å²) in [7, 11) is 0. The zero-order chi connectivity index (χ0) is 19.3. The van der Waals surface area contributed by atoms with Crippen LogP contribution in [-0.2, 0) is 4.74 Å². The molecule has 0 unspecified atom stereocenters. The summed E-state index contributed by atoms with van der Waals surface area (Å²) < 4.78 is 75.6. The molecule has 5 nitrogen and oxygen atoms in total. The SMILES string of the molecule is N#Cc1cccnc1OCCCOC(=O)c1c(F)c(F)c(F)c(F)c1F. The highest BCUT2D eigenvalue weighted by Gasteiger charge is 2.30. The first-order valence-corrected chi connectivity index (χ1v) is 7.05. The number of ether oxygens (including phenoxy) is 2. The minimum Gasteiger partial charge on any atom is -0.477 e. The monoisotopic (exact) mass is 372 g/mol. The molecule has 0 fully saturated rings. The molecule has 1 aromatic heterocycles. The predicted octanol–water partition coefficient (Wildman–Crippen LogP) is 3.27. The summed E-state index contributed by atoms with van der Waals surface area (Å²) >= 11 is 0. The molecule has 0 bridgehead atoms. The van der Waals surface area contributed by atoms with E-state index in [0.717, 1.165) is 0 Å². The Hall–Kier alpha value is -3.22. The van der Waals surface area contributed by atoms with E-state index in [2.05, 4.69) is 9.72 Å². The number of nitriles is 1. The van der Waals surface area contributed by atoms with E-state index in [-0.39, 0.29) is 24.5 Å². The van der Waals surface area contributed by atoms with Crippen molar-refractivity contribution in [2.45, 2.75) is 6.42 Å². The van der Waals surface area contributed by atoms with Crippen LogP contribution in [0.15, 0.2) is 18.3 Å². The molecule has 26 heavy (non-hydrogen) atoms. The molecule has 0 N–H and O–H groups in total. The third-order valence-corrected chi connectivity index (χ3v) is 3.07. The van der Waals surface area contributed by atoms with Gasteiger partial charge in [0.05, 0.1) is 13.2 Å². The van der Waals surface area contributed by atoms with Gasteiger partial charge in [0.25, 0.3) is 0 Å². The molecule has 0 atom stereocenters. The van der Waals surface area contributed by atoms with E-state index >= 15 is 0 Å². The van der Waals surface area contributed by atoms with E-state index in [0.29, 0.717) is 0 Å². The zero-order valence-corrected chi connectivity index (χ0v) is 12.9. The van der Waals surface area contributed by atoms with E-state index in [1.165, 1.54) is 18.3 Å². The molecule has 10 heteroatoms. The Labute approximate surface area is 143 Å². The van der Waals surface area contributed by atoms with Gasteiger partial charge in [0.2, 0.25) is 11.7 Å². The van der Waals surface area contributed by atoms with E-state index in [4.69, 9.17) is 10.00 Å². The van der Waals surface area contributed by atoms with Crippen molar-refractivity contribution in [3.63, 3.8) is 0 Å². The molecule has 136 valence electrons. The predicted molar refractivity (Wildman–Crippen MR) is 75.6 cm³/mol. The van der Waals surface area contributed by atoms with Crippen LogP contribution in [-0.4, -0.2) is 24.2 Å². The molecule has 2 aromatic rings. The lowest BCUT2D eigenvalue weighted by Crippen LogP contribution is -2.16. The highest BCUT2D eigenvalue weighted by Crippen LogP contribution is 2.23. The number of pyridine rings is 1. The normalized spacial score (nSPS) is 10.3. The maximum atomic E-state index is 13.4. The summed E-state index contributed by atoms with van der Waals surface area (Å²) in [6.07, 6.45) is 1.40. The quantitative estimate of drug-likeness (QED) is 0.256. The lowest BCUT2D eigenvalue weighted by Gasteiger charge is -2.09. The Balaban J connectivity index is 1.93. The van der Waals surface area contributed by atoms with Crippen LogP contribution in [0.3, 0.4) is 0 Å². The molecule has 0 saturated heterocycles. The molecular weight excluding hydrogens is 363 g/mol. The van der Waals surface area contributed by atoms with Gasteiger partial charge in [0, 0.05) is 12.6 Å². The average Bonchev–Trinajstić information content (AvgIpc) is 2.65. The highest BCUT2D eigenvalue weighted by atomic mass is 19.2. The number of nitrogens with zero attached hydrogens (tertiary/aromatic N) is 2. The lowest BCUT2D eigenvalue weighted by molar-refractivity contribution is 0.0470. The fourth-order valence-corrected chi connectivity index (χ4v) is 1.84. The number of carbonyl (C=O) groups excluding carboxylic acids is 1. The summed E-state index contributed by atoms with van der Waals surface area (Å²) in [6, 6.07) is 4.83. The molecule has 1 heterocycles. The number of rotatable bonds is 6. The van der Waals surface area contributed by atoms with Crippen LogP contribution < -0.4 is 4.74 Å². The second-order valence-electron chi connectivity index (χ2n) is 4.75. The van der Waals surface area contributed by atoms with Gasteiger partial charge in [-0.2, -0.15) is 5.26 Å². The van der Waals surface area contributed by atoms with Gasteiger partial charge in [-0.25, -0.2) is 31.7 Å². The Morgan fingerprint density at radius 2 is 1.65 bits per heavy atom. The van der Waals surface area contributed by atoms with Gasteiger partial charge in [-0.15, -0.1) is 0 Å². The molecule has 0 saturated carbocycles. The van der Waals surface area contributed by atoms with Crippen LogP contribution >= 0.6 is 0 Å². The first kappa shape index (κ1) is 19.1. The Morgan fingerprint density at radius 1 is 1.04 bits per heavy atom. The minimum absolute atomic E-state index is 0.0164. The fraction of sp³-hybridized carbons (Fsp3) is 0.188. The minimum atomic E-state index is -2.37. The number of benzene rings is 1. The van der Waals surface area contributed by atoms with E-state index < -0.39 is 47.2 Å². The van der Waals surface area contributed by atoms with Crippen LogP contribution in [0.2, 0.25) is 0 Å². The lowest BCUT2D eigenvalue weighted by atomic mass is 10.1. The van der Waals surface area contributed by atoms with E-state index in [1.807, 2.05) is 6.07 Å². The van der Waals surface area contributed by atoms with Crippen molar-refractivity contribution in [3.05, 3.63) is 58.5 Å². The number of aromatic nitrogens is 1. The summed E-state index contributed by atoms with van der Waals surface area (Å²) in [6.45, 7) is -0.497. The molecule has 0 aliphatic heterocycles. The number of esters is 1. The second-order valence-corrected chi connectivity index (χ2v) is 4.75. The summed E-state index contributed by atoms with van der Waals surface area (Å²) in [5.74, 6) is -13.0. The van der Waals surface area contributed by atoms with E-state index in [1.54, 1.807) is 0 Å². The summed E-state index contributed by atoms with van der Waals surface area (Å²) in [5.41, 5.74) is -1.50. The zero-order valence-electron chi connectivity index (χ0n) is 12.9. The van der Waals surface area contributed by atoms with Crippen LogP contribution in [0.5, 0.6) is 5.88 Å². The van der Waals surface area contributed by atoms with Crippen molar-refractivity contribution in [1.82, 2.24) is 4.98 Å². The molecular formula is C16H9F5N2O3. The standard InChI is InChI=1S/C16H9F5N2O3/c17-10-9(11(18)13(20)14(21)12(10)19)16(24)26-6-2-5-25-15-8(7-22)3-1-4-23-15/h1,3-4H,2,5-6H2. The summed E-state index contributed by atoms with van der Waals surface area (Å²) in [5, 5.41) is 8.84. The Kier molecular flexibility index (Phi) is 6.06. The molecule has 1 aromatic carbocycles. The largest absolute Gasteiger partial charge is 0.477 e. The van der Waals surface area contributed by atoms with Crippen LogP contribution in [0.4, 0.5) is 22.0 Å². The van der Waals surface area contributed by atoms with Crippen molar-refractivity contribution in [3.8, 4) is 11.9 Å².